The lowest BCUT2D eigenvalue weighted by molar-refractivity contribution is -0.383. The third-order valence-electron chi connectivity index (χ3n) is 2.75. The molecule has 1 aromatic heterocycles. The van der Waals surface area contributed by atoms with Crippen LogP contribution in [0, 0.1) is 10.1 Å². The van der Waals surface area contributed by atoms with E-state index in [2.05, 4.69) is 20.6 Å². The van der Waals surface area contributed by atoms with Gasteiger partial charge in [0.05, 0.1) is 11.5 Å². The number of nitro groups is 1. The zero-order valence-electron chi connectivity index (χ0n) is 12.2. The smallest absolute Gasteiger partial charge is 0.353 e. The third kappa shape index (κ3) is 3.32. The van der Waals surface area contributed by atoms with Crippen molar-refractivity contribution in [2.75, 3.05) is 30.0 Å². The lowest BCUT2D eigenvalue weighted by Crippen LogP contribution is -2.08. The first-order valence-electron chi connectivity index (χ1n) is 6.54. The highest BCUT2D eigenvalue weighted by Crippen LogP contribution is 2.29. The van der Waals surface area contributed by atoms with E-state index in [1.807, 2.05) is 6.92 Å². The number of benzene rings is 1. The average Bonchev–Trinajstić information content (AvgIpc) is 2.48. The van der Waals surface area contributed by atoms with E-state index in [-0.39, 0.29) is 23.3 Å². The number of nitrogens with one attached hydrogen (secondary N) is 2. The normalized spacial score (nSPS) is 10.1. The lowest BCUT2D eigenvalue weighted by atomic mass is 10.3. The molecule has 9 nitrogen and oxygen atoms in total. The molecule has 0 aliphatic rings. The van der Waals surface area contributed by atoms with Gasteiger partial charge in [-0.15, -0.1) is 0 Å². The summed E-state index contributed by atoms with van der Waals surface area (Å²) in [6.45, 7) is 2.49. The predicted octanol–water partition coefficient (Wildman–Crippen LogP) is 2.15. The van der Waals surface area contributed by atoms with Crippen molar-refractivity contribution in [3.63, 3.8) is 0 Å². The Morgan fingerprint density at radius 1 is 1.32 bits per heavy atom. The van der Waals surface area contributed by atoms with Gasteiger partial charge in [0.1, 0.15) is 5.75 Å². The minimum absolute atomic E-state index is 0.0472. The van der Waals surface area contributed by atoms with Crippen molar-refractivity contribution >= 4 is 29.0 Å². The molecule has 0 amide bonds. The summed E-state index contributed by atoms with van der Waals surface area (Å²) < 4.78 is 5.34. The van der Waals surface area contributed by atoms with E-state index in [0.29, 0.717) is 12.3 Å². The highest BCUT2D eigenvalue weighted by Gasteiger charge is 2.22. The number of ether oxygens (including phenoxy) is 1. The number of nitrogens with two attached hydrogens (primary N) is 1. The van der Waals surface area contributed by atoms with Gasteiger partial charge in [-0.3, -0.25) is 10.1 Å². The Morgan fingerprint density at radius 2 is 2.00 bits per heavy atom. The summed E-state index contributed by atoms with van der Waals surface area (Å²) in [5.41, 5.74) is 5.98. The van der Waals surface area contributed by atoms with Crippen molar-refractivity contribution in [3.05, 3.63) is 34.4 Å². The summed E-state index contributed by atoms with van der Waals surface area (Å²) >= 11 is 0. The minimum atomic E-state index is -0.623. The van der Waals surface area contributed by atoms with Crippen molar-refractivity contribution in [3.8, 4) is 5.75 Å². The van der Waals surface area contributed by atoms with E-state index < -0.39 is 4.92 Å². The van der Waals surface area contributed by atoms with E-state index in [4.69, 9.17) is 10.5 Å². The fourth-order valence-electron chi connectivity index (χ4n) is 1.81. The minimum Gasteiger partial charge on any atom is -0.494 e. The lowest BCUT2D eigenvalue weighted by Gasteiger charge is -2.09. The maximum Gasteiger partial charge on any atom is 0.353 e. The van der Waals surface area contributed by atoms with Gasteiger partial charge in [0, 0.05) is 12.7 Å². The Morgan fingerprint density at radius 3 is 2.55 bits per heavy atom. The summed E-state index contributed by atoms with van der Waals surface area (Å²) in [6, 6.07) is 7.15. The number of anilines is 4. The third-order valence-corrected chi connectivity index (χ3v) is 2.75. The molecule has 4 N–H and O–H groups in total. The zero-order valence-corrected chi connectivity index (χ0v) is 12.2. The van der Waals surface area contributed by atoms with Gasteiger partial charge >= 0.3 is 5.69 Å². The molecule has 0 aliphatic heterocycles. The standard InChI is InChI=1S/C13H16N6O3/c1-3-22-9-6-4-8(5-7-9)16-13-17-11(14)10(19(20)21)12(15-2)18-13/h4-7H,3H2,1-2H3,(H4,14,15,16,17,18). The number of rotatable bonds is 6. The van der Waals surface area contributed by atoms with Gasteiger partial charge in [0.2, 0.25) is 17.6 Å². The van der Waals surface area contributed by atoms with Crippen LogP contribution in [-0.2, 0) is 0 Å². The maximum atomic E-state index is 10.9. The quantitative estimate of drug-likeness (QED) is 0.547. The van der Waals surface area contributed by atoms with E-state index in [0.717, 1.165) is 5.75 Å². The van der Waals surface area contributed by atoms with E-state index in [9.17, 15) is 10.1 Å². The molecule has 0 unspecified atom stereocenters. The van der Waals surface area contributed by atoms with Gasteiger partial charge in [0.25, 0.3) is 0 Å². The molecular formula is C13H16N6O3. The van der Waals surface area contributed by atoms with Crippen LogP contribution in [0.4, 0.5) is 29.0 Å². The van der Waals surface area contributed by atoms with Crippen LogP contribution in [0.3, 0.4) is 0 Å². The Hall–Kier alpha value is -3.10. The molecule has 22 heavy (non-hydrogen) atoms. The molecule has 116 valence electrons. The van der Waals surface area contributed by atoms with Crippen LogP contribution < -0.4 is 21.1 Å². The van der Waals surface area contributed by atoms with E-state index in [1.165, 1.54) is 7.05 Å². The molecule has 0 aliphatic carbocycles. The maximum absolute atomic E-state index is 10.9. The van der Waals surface area contributed by atoms with Crippen LogP contribution in [-0.4, -0.2) is 28.5 Å². The summed E-state index contributed by atoms with van der Waals surface area (Å²) in [4.78, 5) is 18.3. The van der Waals surface area contributed by atoms with E-state index in [1.54, 1.807) is 24.3 Å². The van der Waals surface area contributed by atoms with Gasteiger partial charge in [-0.1, -0.05) is 0 Å². The average molecular weight is 304 g/mol. The monoisotopic (exact) mass is 304 g/mol. The van der Waals surface area contributed by atoms with Crippen LogP contribution >= 0.6 is 0 Å². The molecule has 0 radical (unpaired) electrons. The molecule has 1 heterocycles. The molecule has 0 bridgehead atoms. The predicted molar refractivity (Wildman–Crippen MR) is 83.5 cm³/mol. The molecule has 0 fully saturated rings. The van der Waals surface area contributed by atoms with Gasteiger partial charge in [-0.25, -0.2) is 0 Å². The Labute approximate surface area is 126 Å². The largest absolute Gasteiger partial charge is 0.494 e. The van der Waals surface area contributed by atoms with Crippen LogP contribution in [0.15, 0.2) is 24.3 Å². The second kappa shape index (κ2) is 6.57. The fourth-order valence-corrected chi connectivity index (χ4v) is 1.81. The second-order valence-electron chi connectivity index (χ2n) is 4.22. The molecule has 9 heteroatoms. The van der Waals surface area contributed by atoms with Gasteiger partial charge in [0.15, 0.2) is 0 Å². The molecule has 2 aromatic rings. The summed E-state index contributed by atoms with van der Waals surface area (Å²) in [6.07, 6.45) is 0. The van der Waals surface area contributed by atoms with Crippen molar-refractivity contribution in [2.24, 2.45) is 0 Å². The first-order valence-corrected chi connectivity index (χ1v) is 6.54. The Balaban J connectivity index is 2.26. The van der Waals surface area contributed by atoms with Crippen molar-refractivity contribution in [1.82, 2.24) is 9.97 Å². The highest BCUT2D eigenvalue weighted by atomic mass is 16.6. The molecule has 0 atom stereocenters. The van der Waals surface area contributed by atoms with Crippen molar-refractivity contribution < 1.29 is 9.66 Å². The Kier molecular flexibility index (Phi) is 4.57. The van der Waals surface area contributed by atoms with Crippen molar-refractivity contribution in [1.29, 1.82) is 0 Å². The van der Waals surface area contributed by atoms with Crippen LogP contribution in [0.5, 0.6) is 5.75 Å². The number of nitrogen functional groups attached to an aromatic ring is 1. The van der Waals surface area contributed by atoms with Crippen LogP contribution in [0.1, 0.15) is 6.92 Å². The summed E-state index contributed by atoms with van der Waals surface area (Å²) in [5, 5.41) is 16.5. The first-order chi connectivity index (χ1) is 10.5. The van der Waals surface area contributed by atoms with Gasteiger partial charge in [-0.2, -0.15) is 9.97 Å². The number of aromatic nitrogens is 2. The molecule has 2 rings (SSSR count). The molecular weight excluding hydrogens is 288 g/mol. The Bertz CT molecular complexity index is 674. The highest BCUT2D eigenvalue weighted by molar-refractivity contribution is 5.71. The summed E-state index contributed by atoms with van der Waals surface area (Å²) in [5.74, 6) is 0.744. The zero-order chi connectivity index (χ0) is 16.1. The van der Waals surface area contributed by atoms with Crippen LogP contribution in [0.25, 0.3) is 0 Å². The molecule has 1 aromatic carbocycles. The van der Waals surface area contributed by atoms with E-state index >= 15 is 0 Å². The summed E-state index contributed by atoms with van der Waals surface area (Å²) in [7, 11) is 1.52. The van der Waals surface area contributed by atoms with Crippen molar-refractivity contribution in [2.45, 2.75) is 6.92 Å². The molecule has 0 saturated heterocycles. The molecule has 0 saturated carbocycles. The number of hydrogen-bond acceptors (Lipinski definition) is 8. The van der Waals surface area contributed by atoms with Crippen LogP contribution in [0.2, 0.25) is 0 Å². The topological polar surface area (TPSA) is 128 Å². The number of hydrogen-bond donors (Lipinski definition) is 3. The second-order valence-corrected chi connectivity index (χ2v) is 4.22. The fraction of sp³-hybridized carbons (Fsp3) is 0.231. The molecule has 0 spiro atoms. The van der Waals surface area contributed by atoms with Gasteiger partial charge < -0.3 is 21.1 Å². The SMILES string of the molecule is CCOc1ccc(Nc2nc(N)c([N+](=O)[O-])c(NC)n2)cc1. The van der Waals surface area contributed by atoms with Gasteiger partial charge in [-0.05, 0) is 31.2 Å². The number of nitrogens with zero attached hydrogens (tertiary/aromatic N) is 3. The first kappa shape index (κ1) is 15.3.